The van der Waals surface area contributed by atoms with Crippen LogP contribution in [0.15, 0.2) is 29.2 Å². The summed E-state index contributed by atoms with van der Waals surface area (Å²) in [7, 11) is -3.13. The number of hydrogen-bond donors (Lipinski definition) is 1. The zero-order chi connectivity index (χ0) is 11.6. The Hall–Kier alpha value is -0.870. The Labute approximate surface area is 96.8 Å². The first-order valence-electron chi connectivity index (χ1n) is 5.68. The lowest BCUT2D eigenvalue weighted by atomic mass is 10.2. The second-order valence-electron chi connectivity index (χ2n) is 4.16. The predicted molar refractivity (Wildman–Crippen MR) is 64.3 cm³/mol. The molecule has 1 saturated heterocycles. The number of benzene rings is 1. The van der Waals surface area contributed by atoms with Crippen molar-refractivity contribution in [2.75, 3.05) is 13.1 Å². The quantitative estimate of drug-likeness (QED) is 0.867. The highest BCUT2D eigenvalue weighted by atomic mass is 32.2. The van der Waals surface area contributed by atoms with Gasteiger partial charge in [0.1, 0.15) is 0 Å². The number of nitrogens with one attached hydrogen (secondary N) is 1. The van der Waals surface area contributed by atoms with Gasteiger partial charge in [0.25, 0.3) is 0 Å². The summed E-state index contributed by atoms with van der Waals surface area (Å²) >= 11 is 0. The van der Waals surface area contributed by atoms with Gasteiger partial charge in [0.05, 0.1) is 10.1 Å². The number of sulfone groups is 1. The number of aryl methyl sites for hydroxylation is 1. The minimum Gasteiger partial charge on any atom is -0.315 e. The Morgan fingerprint density at radius 1 is 1.31 bits per heavy atom. The van der Waals surface area contributed by atoms with Gasteiger partial charge in [0.15, 0.2) is 9.84 Å². The second kappa shape index (κ2) is 4.55. The smallest absolute Gasteiger partial charge is 0.182 e. The molecule has 1 atom stereocenters. The van der Waals surface area contributed by atoms with Gasteiger partial charge in [-0.25, -0.2) is 8.42 Å². The van der Waals surface area contributed by atoms with E-state index in [1.807, 2.05) is 12.1 Å². The average molecular weight is 239 g/mol. The maximum absolute atomic E-state index is 12.2. The fourth-order valence-electron chi connectivity index (χ4n) is 2.00. The van der Waals surface area contributed by atoms with E-state index >= 15 is 0 Å². The van der Waals surface area contributed by atoms with Crippen LogP contribution in [0.4, 0.5) is 0 Å². The first kappa shape index (κ1) is 11.6. The van der Waals surface area contributed by atoms with Crippen molar-refractivity contribution in [3.8, 4) is 0 Å². The summed E-state index contributed by atoms with van der Waals surface area (Å²) in [6, 6.07) is 7.25. The molecule has 0 saturated carbocycles. The molecule has 1 N–H and O–H groups in total. The molecule has 1 aliphatic rings. The molecule has 16 heavy (non-hydrogen) atoms. The van der Waals surface area contributed by atoms with E-state index in [0.29, 0.717) is 11.4 Å². The van der Waals surface area contributed by atoms with E-state index in [1.165, 1.54) is 5.56 Å². The maximum Gasteiger partial charge on any atom is 0.182 e. The maximum atomic E-state index is 12.2. The third kappa shape index (κ3) is 2.13. The molecule has 1 fully saturated rings. The summed E-state index contributed by atoms with van der Waals surface area (Å²) in [5.41, 5.74) is 1.17. The van der Waals surface area contributed by atoms with Gasteiger partial charge in [-0.15, -0.1) is 0 Å². The molecule has 1 unspecified atom stereocenters. The van der Waals surface area contributed by atoms with Gasteiger partial charge in [-0.1, -0.05) is 19.1 Å². The van der Waals surface area contributed by atoms with E-state index in [1.54, 1.807) is 12.1 Å². The Morgan fingerprint density at radius 2 is 2.00 bits per heavy atom. The summed E-state index contributed by atoms with van der Waals surface area (Å²) < 4.78 is 24.4. The minimum atomic E-state index is -3.13. The predicted octanol–water partition coefficient (Wildman–Crippen LogP) is 1.38. The van der Waals surface area contributed by atoms with E-state index in [2.05, 4.69) is 12.2 Å². The van der Waals surface area contributed by atoms with Crippen LogP contribution in [0.2, 0.25) is 0 Å². The Balaban J connectivity index is 2.28. The number of rotatable bonds is 3. The molecular formula is C12H17NO2S. The number of hydrogen-bond acceptors (Lipinski definition) is 3. The van der Waals surface area contributed by atoms with Crippen molar-refractivity contribution in [1.82, 2.24) is 5.32 Å². The highest BCUT2D eigenvalue weighted by molar-refractivity contribution is 7.92. The fraction of sp³-hybridized carbons (Fsp3) is 0.500. The summed E-state index contributed by atoms with van der Waals surface area (Å²) in [5, 5.41) is 2.84. The van der Waals surface area contributed by atoms with Gasteiger partial charge in [0, 0.05) is 6.54 Å². The topological polar surface area (TPSA) is 46.2 Å². The van der Waals surface area contributed by atoms with Gasteiger partial charge >= 0.3 is 0 Å². The third-order valence-electron chi connectivity index (χ3n) is 3.11. The second-order valence-corrected chi connectivity index (χ2v) is 6.39. The molecule has 4 heteroatoms. The van der Waals surface area contributed by atoms with Crippen molar-refractivity contribution < 1.29 is 8.42 Å². The van der Waals surface area contributed by atoms with Crippen LogP contribution in [0.1, 0.15) is 18.9 Å². The molecule has 1 aromatic rings. The standard InChI is InChI=1S/C12H17NO2S/c1-2-10-3-5-11(6-4-10)16(14,15)12-7-8-13-9-12/h3-6,12-13H,2,7-9H2,1H3. The van der Waals surface area contributed by atoms with Gasteiger partial charge in [-0.2, -0.15) is 0 Å². The van der Waals surface area contributed by atoms with E-state index in [4.69, 9.17) is 0 Å². The SMILES string of the molecule is CCc1ccc(S(=O)(=O)C2CCNC2)cc1. The van der Waals surface area contributed by atoms with Crippen LogP contribution in [0.25, 0.3) is 0 Å². The zero-order valence-corrected chi connectivity index (χ0v) is 10.3. The van der Waals surface area contributed by atoms with Gasteiger partial charge in [-0.05, 0) is 37.1 Å². The summed E-state index contributed by atoms with van der Waals surface area (Å²) in [5.74, 6) is 0. The van der Waals surface area contributed by atoms with E-state index in [0.717, 1.165) is 19.4 Å². The first-order valence-corrected chi connectivity index (χ1v) is 7.23. The van der Waals surface area contributed by atoms with Crippen LogP contribution in [0, 0.1) is 0 Å². The van der Waals surface area contributed by atoms with Gasteiger partial charge < -0.3 is 5.32 Å². The van der Waals surface area contributed by atoms with Gasteiger partial charge in [0.2, 0.25) is 0 Å². The molecule has 0 aliphatic carbocycles. The van der Waals surface area contributed by atoms with Gasteiger partial charge in [-0.3, -0.25) is 0 Å². The van der Waals surface area contributed by atoms with E-state index in [9.17, 15) is 8.42 Å². The molecule has 0 spiro atoms. The highest BCUT2D eigenvalue weighted by Crippen LogP contribution is 2.20. The molecule has 0 radical (unpaired) electrons. The van der Waals surface area contributed by atoms with Crippen LogP contribution >= 0.6 is 0 Å². The van der Waals surface area contributed by atoms with Crippen molar-refractivity contribution >= 4 is 9.84 Å². The Kier molecular flexibility index (Phi) is 3.30. The monoisotopic (exact) mass is 239 g/mol. The summed E-state index contributed by atoms with van der Waals surface area (Å²) in [6.07, 6.45) is 1.66. The lowest BCUT2D eigenvalue weighted by Crippen LogP contribution is -2.23. The van der Waals surface area contributed by atoms with Crippen LogP contribution in [-0.4, -0.2) is 26.8 Å². The van der Waals surface area contributed by atoms with Crippen molar-refractivity contribution in [1.29, 1.82) is 0 Å². The Morgan fingerprint density at radius 3 is 2.50 bits per heavy atom. The Bertz CT molecular complexity index is 444. The molecule has 0 amide bonds. The summed E-state index contributed by atoms with van der Waals surface area (Å²) in [6.45, 7) is 3.44. The zero-order valence-electron chi connectivity index (χ0n) is 9.44. The molecule has 1 aromatic carbocycles. The third-order valence-corrected chi connectivity index (χ3v) is 5.32. The molecule has 0 aromatic heterocycles. The first-order chi connectivity index (χ1) is 7.64. The molecular weight excluding hydrogens is 222 g/mol. The van der Waals surface area contributed by atoms with Crippen LogP contribution < -0.4 is 5.32 Å². The van der Waals surface area contributed by atoms with E-state index < -0.39 is 9.84 Å². The lowest BCUT2D eigenvalue weighted by molar-refractivity contribution is 0.583. The normalized spacial score (nSPS) is 21.2. The average Bonchev–Trinajstić information content (AvgIpc) is 2.83. The fourth-order valence-corrected chi connectivity index (χ4v) is 3.67. The van der Waals surface area contributed by atoms with Crippen LogP contribution in [0.5, 0.6) is 0 Å². The lowest BCUT2D eigenvalue weighted by Gasteiger charge is -2.10. The molecule has 1 aliphatic heterocycles. The molecule has 1 heterocycles. The highest BCUT2D eigenvalue weighted by Gasteiger charge is 2.29. The molecule has 2 rings (SSSR count). The van der Waals surface area contributed by atoms with Crippen molar-refractivity contribution in [3.63, 3.8) is 0 Å². The van der Waals surface area contributed by atoms with Crippen molar-refractivity contribution in [2.24, 2.45) is 0 Å². The van der Waals surface area contributed by atoms with Crippen LogP contribution in [0.3, 0.4) is 0 Å². The summed E-state index contributed by atoms with van der Waals surface area (Å²) in [4.78, 5) is 0.457. The van der Waals surface area contributed by atoms with Crippen molar-refractivity contribution in [3.05, 3.63) is 29.8 Å². The van der Waals surface area contributed by atoms with E-state index in [-0.39, 0.29) is 5.25 Å². The molecule has 3 nitrogen and oxygen atoms in total. The van der Waals surface area contributed by atoms with Crippen LogP contribution in [-0.2, 0) is 16.3 Å². The molecule has 0 bridgehead atoms. The molecule has 88 valence electrons. The van der Waals surface area contributed by atoms with Crippen molar-refractivity contribution in [2.45, 2.75) is 29.9 Å². The minimum absolute atomic E-state index is 0.250. The largest absolute Gasteiger partial charge is 0.315 e.